The third kappa shape index (κ3) is 6.92. The summed E-state index contributed by atoms with van der Waals surface area (Å²) in [6, 6.07) is 6.42. The maximum Gasteiger partial charge on any atom is 0.410 e. The van der Waals surface area contributed by atoms with Crippen molar-refractivity contribution in [3.63, 3.8) is 0 Å². The van der Waals surface area contributed by atoms with E-state index in [0.717, 1.165) is 24.8 Å². The van der Waals surface area contributed by atoms with Crippen molar-refractivity contribution in [1.29, 1.82) is 0 Å². The Balaban J connectivity index is 1.72. The summed E-state index contributed by atoms with van der Waals surface area (Å²) in [7, 11) is 1.50. The van der Waals surface area contributed by atoms with Crippen molar-refractivity contribution in [2.45, 2.75) is 110 Å². The van der Waals surface area contributed by atoms with Crippen LogP contribution in [0.1, 0.15) is 91.3 Å². The van der Waals surface area contributed by atoms with Crippen molar-refractivity contribution in [3.05, 3.63) is 35.4 Å². The van der Waals surface area contributed by atoms with Crippen molar-refractivity contribution >= 4 is 23.8 Å². The molecule has 0 aromatic heterocycles. The van der Waals surface area contributed by atoms with E-state index in [0.29, 0.717) is 19.4 Å². The van der Waals surface area contributed by atoms with Crippen LogP contribution in [0.3, 0.4) is 0 Å². The highest BCUT2D eigenvalue weighted by Crippen LogP contribution is 2.34. The van der Waals surface area contributed by atoms with E-state index in [1.807, 2.05) is 32.9 Å². The fourth-order valence-electron chi connectivity index (χ4n) is 5.39. The predicted molar refractivity (Wildman–Crippen MR) is 150 cm³/mol. The Bertz CT molecular complexity index is 1080. The molecular formula is C30H46N4O5. The maximum absolute atomic E-state index is 13.9. The summed E-state index contributed by atoms with van der Waals surface area (Å²) in [6.07, 6.45) is 3.50. The molecule has 0 radical (unpaired) electrons. The molecule has 1 saturated heterocycles. The highest BCUT2D eigenvalue weighted by Gasteiger charge is 2.48. The van der Waals surface area contributed by atoms with E-state index in [4.69, 9.17) is 4.74 Å². The lowest BCUT2D eigenvalue weighted by Crippen LogP contribution is -2.62. The monoisotopic (exact) mass is 542 g/mol. The van der Waals surface area contributed by atoms with Gasteiger partial charge in [0.05, 0.1) is 6.04 Å². The third-order valence-corrected chi connectivity index (χ3v) is 7.94. The van der Waals surface area contributed by atoms with Crippen LogP contribution in [0.2, 0.25) is 0 Å². The molecule has 0 spiro atoms. The number of ether oxygens (including phenoxy) is 1. The van der Waals surface area contributed by atoms with Crippen LogP contribution >= 0.6 is 0 Å². The zero-order valence-electron chi connectivity index (χ0n) is 24.8. The molecule has 1 aliphatic heterocycles. The lowest BCUT2D eigenvalue weighted by molar-refractivity contribution is -0.148. The van der Waals surface area contributed by atoms with Crippen LogP contribution in [0, 0.1) is 5.92 Å². The fraction of sp³-hybridized carbons (Fsp3) is 0.667. The molecule has 2 N–H and O–H groups in total. The quantitative estimate of drug-likeness (QED) is 0.542. The normalized spacial score (nSPS) is 22.5. The van der Waals surface area contributed by atoms with Crippen LogP contribution < -0.4 is 10.6 Å². The molecular weight excluding hydrogens is 496 g/mol. The van der Waals surface area contributed by atoms with Crippen molar-refractivity contribution < 1.29 is 23.9 Å². The summed E-state index contributed by atoms with van der Waals surface area (Å²) < 4.78 is 5.38. The van der Waals surface area contributed by atoms with Crippen LogP contribution in [0.15, 0.2) is 24.3 Å². The Morgan fingerprint density at radius 1 is 1.10 bits per heavy atom. The lowest BCUT2D eigenvalue weighted by Gasteiger charge is -2.39. The van der Waals surface area contributed by atoms with Gasteiger partial charge < -0.3 is 20.3 Å². The molecule has 1 fully saturated rings. The summed E-state index contributed by atoms with van der Waals surface area (Å²) in [4.78, 5) is 56.1. The SMILES string of the molecule is CC(C)[C@H](NC(=O)[C@H](C)N(C)C(=O)OC(C)(C)C)C(=O)N1CCCC1(C)C(=O)N[C@@H]1CCCc2ccccc21. The van der Waals surface area contributed by atoms with Gasteiger partial charge in [-0.1, -0.05) is 38.1 Å². The number of rotatable bonds is 7. The molecule has 0 bridgehead atoms. The number of aryl methyl sites for hydroxylation is 1. The van der Waals surface area contributed by atoms with Crippen molar-refractivity contribution in [3.8, 4) is 0 Å². The average molecular weight is 543 g/mol. The Hall–Kier alpha value is -3.10. The number of likely N-dealkylation sites (N-methyl/N-ethyl adjacent to an activating group) is 1. The molecule has 9 heteroatoms. The minimum Gasteiger partial charge on any atom is -0.444 e. The van der Waals surface area contributed by atoms with Crippen LogP contribution in [0.4, 0.5) is 4.79 Å². The van der Waals surface area contributed by atoms with Gasteiger partial charge in [-0.15, -0.1) is 0 Å². The second-order valence-corrected chi connectivity index (χ2v) is 12.5. The van der Waals surface area contributed by atoms with E-state index >= 15 is 0 Å². The van der Waals surface area contributed by atoms with Gasteiger partial charge in [0, 0.05) is 13.6 Å². The first-order chi connectivity index (χ1) is 18.2. The molecule has 4 atom stereocenters. The van der Waals surface area contributed by atoms with E-state index in [1.165, 1.54) is 17.5 Å². The standard InChI is InChI=1S/C30H46N4O5/c1-19(2)24(32-25(35)20(3)33(8)28(38)39-29(4,5)6)26(36)34-18-12-17-30(34,7)27(37)31-23-16-11-14-21-13-9-10-15-22(21)23/h9-10,13,15,19-20,23-24H,11-12,14,16-18H2,1-8H3,(H,31,37)(H,32,35)/t20-,23+,24-,30?/m0/s1. The number of likely N-dealkylation sites (tertiary alicyclic amines) is 1. The predicted octanol–water partition coefficient (Wildman–Crippen LogP) is 3.96. The van der Waals surface area contributed by atoms with Crippen LogP contribution in [-0.2, 0) is 25.5 Å². The van der Waals surface area contributed by atoms with E-state index < -0.39 is 35.2 Å². The second kappa shape index (κ2) is 12.0. The largest absolute Gasteiger partial charge is 0.444 e. The van der Waals surface area contributed by atoms with Gasteiger partial charge in [0.15, 0.2) is 0 Å². The number of hydrogen-bond acceptors (Lipinski definition) is 5. The molecule has 216 valence electrons. The molecule has 1 aliphatic carbocycles. The highest BCUT2D eigenvalue weighted by molar-refractivity contribution is 5.96. The smallest absolute Gasteiger partial charge is 0.410 e. The first-order valence-corrected chi connectivity index (χ1v) is 14.1. The number of nitrogens with one attached hydrogen (secondary N) is 2. The van der Waals surface area contributed by atoms with Crippen molar-refractivity contribution in [2.75, 3.05) is 13.6 Å². The van der Waals surface area contributed by atoms with Gasteiger partial charge in [-0.3, -0.25) is 19.3 Å². The van der Waals surface area contributed by atoms with Crippen LogP contribution in [-0.4, -0.2) is 70.4 Å². The number of carbonyl (C=O) groups excluding carboxylic acids is 4. The number of benzene rings is 1. The molecule has 2 aliphatic rings. The number of nitrogens with zero attached hydrogens (tertiary/aromatic N) is 2. The van der Waals surface area contributed by atoms with Gasteiger partial charge in [0.25, 0.3) is 0 Å². The molecule has 1 unspecified atom stereocenters. The molecule has 1 aromatic rings. The second-order valence-electron chi connectivity index (χ2n) is 12.5. The Morgan fingerprint density at radius 2 is 1.77 bits per heavy atom. The fourth-order valence-corrected chi connectivity index (χ4v) is 5.39. The Labute approximate surface area is 233 Å². The van der Waals surface area contributed by atoms with Gasteiger partial charge >= 0.3 is 6.09 Å². The van der Waals surface area contributed by atoms with E-state index in [1.54, 1.807) is 32.6 Å². The molecule has 39 heavy (non-hydrogen) atoms. The summed E-state index contributed by atoms with van der Waals surface area (Å²) >= 11 is 0. The first-order valence-electron chi connectivity index (χ1n) is 14.1. The Kier molecular flexibility index (Phi) is 9.34. The minimum atomic E-state index is -1.01. The third-order valence-electron chi connectivity index (χ3n) is 7.94. The van der Waals surface area contributed by atoms with E-state index in [2.05, 4.69) is 22.8 Å². The van der Waals surface area contributed by atoms with Crippen molar-refractivity contribution in [1.82, 2.24) is 20.4 Å². The first kappa shape index (κ1) is 30.4. The molecule has 4 amide bonds. The molecule has 1 aromatic carbocycles. The van der Waals surface area contributed by atoms with E-state index in [9.17, 15) is 19.2 Å². The van der Waals surface area contributed by atoms with Gasteiger partial charge in [-0.25, -0.2) is 4.79 Å². The van der Waals surface area contributed by atoms with Gasteiger partial charge in [0.2, 0.25) is 17.7 Å². The van der Waals surface area contributed by atoms with E-state index in [-0.39, 0.29) is 23.8 Å². The molecule has 3 rings (SSSR count). The number of carbonyl (C=O) groups is 4. The van der Waals surface area contributed by atoms with Gasteiger partial charge in [-0.2, -0.15) is 0 Å². The van der Waals surface area contributed by atoms with Crippen LogP contribution in [0.25, 0.3) is 0 Å². The summed E-state index contributed by atoms with van der Waals surface area (Å²) in [5, 5.41) is 6.09. The summed E-state index contributed by atoms with van der Waals surface area (Å²) in [6.45, 7) is 12.8. The topological polar surface area (TPSA) is 108 Å². The van der Waals surface area contributed by atoms with Crippen LogP contribution in [0.5, 0.6) is 0 Å². The number of fused-ring (bicyclic) bond motifs is 1. The molecule has 0 saturated carbocycles. The van der Waals surface area contributed by atoms with Crippen molar-refractivity contribution in [2.24, 2.45) is 5.92 Å². The number of amides is 4. The lowest BCUT2D eigenvalue weighted by atomic mass is 9.86. The highest BCUT2D eigenvalue weighted by atomic mass is 16.6. The minimum absolute atomic E-state index is 0.0818. The Morgan fingerprint density at radius 3 is 2.41 bits per heavy atom. The maximum atomic E-state index is 13.9. The molecule has 1 heterocycles. The summed E-state index contributed by atoms with van der Waals surface area (Å²) in [5.41, 5.74) is 0.692. The van der Waals surface area contributed by atoms with Gasteiger partial charge in [-0.05, 0) is 83.8 Å². The average Bonchev–Trinajstić information content (AvgIpc) is 3.27. The zero-order chi connectivity index (χ0) is 29.1. The molecule has 9 nitrogen and oxygen atoms in total. The summed E-state index contributed by atoms with van der Waals surface area (Å²) in [5.74, 6) is -1.13. The van der Waals surface area contributed by atoms with Gasteiger partial charge in [0.1, 0.15) is 23.2 Å². The zero-order valence-corrected chi connectivity index (χ0v) is 24.8. The number of hydrogen-bond donors (Lipinski definition) is 2.